The number of aromatic nitrogens is 1. The van der Waals surface area contributed by atoms with Crippen LogP contribution in [0.15, 0.2) is 65.9 Å². The Morgan fingerprint density at radius 1 is 0.927 bits per heavy atom. The molecular formula is C43H42N2O10. The van der Waals surface area contributed by atoms with Gasteiger partial charge in [-0.15, -0.1) is 0 Å². The molecule has 284 valence electrons. The van der Waals surface area contributed by atoms with Crippen molar-refractivity contribution in [2.45, 2.75) is 93.8 Å². The topological polar surface area (TPSA) is 199 Å². The number of nitrogens with zero attached hydrogens (tertiary/aromatic N) is 1. The van der Waals surface area contributed by atoms with Crippen LogP contribution in [0.2, 0.25) is 0 Å². The van der Waals surface area contributed by atoms with Crippen LogP contribution in [-0.4, -0.2) is 95.6 Å². The van der Waals surface area contributed by atoms with Gasteiger partial charge in [-0.1, -0.05) is 30.2 Å². The SMILES string of the molecule is Cc1cc(O)c2c(c1)C(=O)c1c(c3cc4c(nccc14)NCC(O)CC1=C4C=CC5(O3)OC4(C(O)C(O)C5O)C(O)C34CCC5(CCCC5C=CC13)C4)C2=O. The molecule has 12 nitrogen and oxygen atoms in total. The Kier molecular flexibility index (Phi) is 6.71. The van der Waals surface area contributed by atoms with Gasteiger partial charge in [0.1, 0.15) is 29.5 Å². The predicted octanol–water partition coefficient (Wildman–Crippen LogP) is 3.51. The van der Waals surface area contributed by atoms with E-state index in [9.17, 15) is 40.2 Å². The number of anilines is 1. The average Bonchev–Trinajstić information content (AvgIpc) is 3.71. The number of carbonyl (C=O) groups is 2. The molecule has 5 aliphatic carbocycles. The molecule has 7 N–H and O–H groups in total. The smallest absolute Gasteiger partial charge is 0.260 e. The number of phenolic OH excluding ortho intramolecular Hbond substituents is 1. The first kappa shape index (κ1) is 33.9. The van der Waals surface area contributed by atoms with Gasteiger partial charge < -0.3 is 45.4 Å². The van der Waals surface area contributed by atoms with Crippen molar-refractivity contribution in [3.63, 3.8) is 0 Å². The van der Waals surface area contributed by atoms with Crippen LogP contribution in [0.4, 0.5) is 5.82 Å². The van der Waals surface area contributed by atoms with Gasteiger partial charge in [0.15, 0.2) is 17.5 Å². The molecule has 12 rings (SSSR count). The maximum absolute atomic E-state index is 14.6. The Morgan fingerprint density at radius 3 is 2.60 bits per heavy atom. The number of aromatic hydroxyl groups is 1. The van der Waals surface area contributed by atoms with Gasteiger partial charge in [-0.2, -0.15) is 0 Å². The summed E-state index contributed by atoms with van der Waals surface area (Å²) >= 11 is 0. The molecule has 12 heteroatoms. The zero-order valence-corrected chi connectivity index (χ0v) is 30.2. The number of phenols is 1. The number of aryl methyl sites for hydroxylation is 1. The van der Waals surface area contributed by atoms with E-state index in [4.69, 9.17) is 9.47 Å². The highest BCUT2D eigenvalue weighted by Gasteiger charge is 2.75. The van der Waals surface area contributed by atoms with Crippen molar-refractivity contribution >= 4 is 28.2 Å². The molecule has 0 amide bonds. The average molecular weight is 747 g/mol. The van der Waals surface area contributed by atoms with E-state index < -0.39 is 58.9 Å². The van der Waals surface area contributed by atoms with Crippen LogP contribution >= 0.6 is 0 Å². The number of ether oxygens (including phenoxy) is 2. The fraction of sp³-hybridized carbons (Fsp3) is 0.465. The number of aliphatic hydroxyl groups is 5. The lowest BCUT2D eigenvalue weighted by Crippen LogP contribution is -2.78. The summed E-state index contributed by atoms with van der Waals surface area (Å²) in [5.41, 5.74) is -1.54. The van der Waals surface area contributed by atoms with E-state index in [1.165, 1.54) is 24.4 Å². The first-order valence-electron chi connectivity index (χ1n) is 19.4. The Bertz CT molecular complexity index is 2390. The molecule has 2 aromatic carbocycles. The van der Waals surface area contributed by atoms with E-state index in [1.54, 1.807) is 25.1 Å². The van der Waals surface area contributed by atoms with E-state index in [0.29, 0.717) is 46.5 Å². The number of nitrogens with one attached hydrogen (secondary N) is 1. The summed E-state index contributed by atoms with van der Waals surface area (Å²) < 4.78 is 13.6. The summed E-state index contributed by atoms with van der Waals surface area (Å²) in [6.07, 6.45) is 6.46. The molecule has 4 spiro atoms. The van der Waals surface area contributed by atoms with Gasteiger partial charge in [0.25, 0.3) is 5.79 Å². The van der Waals surface area contributed by atoms with Gasteiger partial charge in [-0.25, -0.2) is 4.98 Å². The highest BCUT2D eigenvalue weighted by molar-refractivity contribution is 6.34. The van der Waals surface area contributed by atoms with Crippen molar-refractivity contribution in [3.8, 4) is 11.5 Å². The van der Waals surface area contributed by atoms with Gasteiger partial charge in [-0.05, 0) is 104 Å². The van der Waals surface area contributed by atoms with E-state index in [2.05, 4.69) is 22.5 Å². The first-order chi connectivity index (χ1) is 26.3. The molecule has 1 saturated heterocycles. The van der Waals surface area contributed by atoms with E-state index in [1.807, 2.05) is 0 Å². The summed E-state index contributed by atoms with van der Waals surface area (Å²) in [6.45, 7) is 1.74. The molecule has 4 aliphatic heterocycles. The van der Waals surface area contributed by atoms with Crippen LogP contribution < -0.4 is 10.1 Å². The second kappa shape index (κ2) is 10.9. The number of fused-ring (bicyclic) bond motifs is 6. The van der Waals surface area contributed by atoms with Crippen molar-refractivity contribution in [2.24, 2.45) is 22.7 Å². The third-order valence-corrected chi connectivity index (χ3v) is 14.8. The third-order valence-electron chi connectivity index (χ3n) is 14.8. The minimum absolute atomic E-state index is 0.0141. The highest BCUT2D eigenvalue weighted by Crippen LogP contribution is 2.71. The third kappa shape index (κ3) is 4.04. The van der Waals surface area contributed by atoms with Crippen LogP contribution in [-0.2, 0) is 4.74 Å². The lowest BCUT2D eigenvalue weighted by atomic mass is 9.52. The monoisotopic (exact) mass is 746 g/mol. The Balaban J connectivity index is 1.18. The van der Waals surface area contributed by atoms with Crippen LogP contribution in [0.5, 0.6) is 11.5 Å². The van der Waals surface area contributed by atoms with Gasteiger partial charge >= 0.3 is 0 Å². The number of ketones is 2. The second-order valence-corrected chi connectivity index (χ2v) is 17.4. The van der Waals surface area contributed by atoms with Crippen molar-refractivity contribution in [1.82, 2.24) is 4.98 Å². The fourth-order valence-corrected chi connectivity index (χ4v) is 12.4. The number of pyridine rings is 1. The highest BCUT2D eigenvalue weighted by atomic mass is 16.7. The van der Waals surface area contributed by atoms with Crippen molar-refractivity contribution in [1.29, 1.82) is 0 Å². The lowest BCUT2D eigenvalue weighted by Gasteiger charge is -2.63. The molecule has 55 heavy (non-hydrogen) atoms. The van der Waals surface area contributed by atoms with E-state index >= 15 is 0 Å². The molecule has 1 aromatic heterocycles. The number of allylic oxidation sites excluding steroid dienone is 2. The maximum Gasteiger partial charge on any atom is 0.260 e. The number of rotatable bonds is 0. The number of hydrogen-bond acceptors (Lipinski definition) is 12. The lowest BCUT2D eigenvalue weighted by molar-refractivity contribution is -0.368. The molecule has 2 saturated carbocycles. The minimum atomic E-state index is -2.29. The molecule has 11 atom stereocenters. The molecule has 3 fully saturated rings. The number of carbonyl (C=O) groups excluding carboxylic acids is 2. The largest absolute Gasteiger partial charge is 0.507 e. The van der Waals surface area contributed by atoms with Gasteiger partial charge in [0.2, 0.25) is 5.78 Å². The minimum Gasteiger partial charge on any atom is -0.507 e. The maximum atomic E-state index is 14.6. The molecular weight excluding hydrogens is 704 g/mol. The summed E-state index contributed by atoms with van der Waals surface area (Å²) in [7, 11) is 0. The summed E-state index contributed by atoms with van der Waals surface area (Å²) in [4.78, 5) is 33.7. The second-order valence-electron chi connectivity index (χ2n) is 17.4. The van der Waals surface area contributed by atoms with Gasteiger partial charge in [0, 0.05) is 40.6 Å². The van der Waals surface area contributed by atoms with Gasteiger partial charge in [-0.3, -0.25) is 9.59 Å². The standard InChI is InChI=1S/C43H42N2O10/c1-19-13-25-30(28(47)14-19)34(49)32-29-16-23-22(31(32)33(25)48)7-12-44-38(23)45-17-21(46)15-24-26-5-4-20-3-2-8-40(20)10-11-41(26,18-40)39(53)43-27(24)6-9-42(54-29,55-43)36(51)35(50)37(43)52/h4-7,9,12-14,16,20-21,26,35-37,39,46-47,50-53H,2-3,8,10-11,15,17-18H2,1H3,(H,44,45). The molecule has 0 radical (unpaired) electrons. The summed E-state index contributed by atoms with van der Waals surface area (Å²) in [6, 6.07) is 6.04. The molecule has 8 bridgehead atoms. The number of hydrogen-bond donors (Lipinski definition) is 7. The van der Waals surface area contributed by atoms with E-state index in [-0.39, 0.29) is 58.1 Å². The fourth-order valence-electron chi connectivity index (χ4n) is 12.4. The van der Waals surface area contributed by atoms with Crippen LogP contribution in [0.1, 0.15) is 82.4 Å². The summed E-state index contributed by atoms with van der Waals surface area (Å²) in [5, 5.41) is 76.0. The van der Waals surface area contributed by atoms with Crippen LogP contribution in [0.25, 0.3) is 10.8 Å². The summed E-state index contributed by atoms with van der Waals surface area (Å²) in [5.74, 6) is -3.79. The predicted molar refractivity (Wildman–Crippen MR) is 197 cm³/mol. The molecule has 3 aromatic rings. The van der Waals surface area contributed by atoms with Crippen LogP contribution in [0, 0.1) is 29.6 Å². The Hall–Kier alpha value is -4.43. The van der Waals surface area contributed by atoms with Crippen molar-refractivity contribution in [2.75, 3.05) is 11.9 Å². The van der Waals surface area contributed by atoms with Gasteiger partial charge in [0.05, 0.1) is 23.3 Å². The van der Waals surface area contributed by atoms with Crippen molar-refractivity contribution < 1.29 is 49.7 Å². The molecule has 11 unspecified atom stereocenters. The quantitative estimate of drug-likeness (QED) is 0.130. The number of benzene rings is 2. The number of aliphatic hydroxyl groups excluding tert-OH is 5. The molecule has 5 heterocycles. The molecule has 9 aliphatic rings. The normalized spacial score (nSPS) is 40.6. The Morgan fingerprint density at radius 2 is 1.76 bits per heavy atom. The van der Waals surface area contributed by atoms with Crippen molar-refractivity contribution in [3.05, 3.63) is 93.7 Å². The zero-order valence-electron chi connectivity index (χ0n) is 30.2. The van der Waals surface area contributed by atoms with Crippen LogP contribution in [0.3, 0.4) is 0 Å². The zero-order chi connectivity index (χ0) is 38.0. The first-order valence-corrected chi connectivity index (χ1v) is 19.4. The van der Waals surface area contributed by atoms with E-state index in [0.717, 1.165) is 31.3 Å². The Labute approximate surface area is 315 Å².